The lowest BCUT2D eigenvalue weighted by Gasteiger charge is -2.30. The summed E-state index contributed by atoms with van der Waals surface area (Å²) in [6, 6.07) is 14.1. The smallest absolute Gasteiger partial charge is 0.328 e. The second-order valence-electron chi connectivity index (χ2n) is 10.6. The number of aryl methyl sites for hydroxylation is 3. The van der Waals surface area contributed by atoms with E-state index in [1.165, 1.54) is 7.11 Å². The monoisotopic (exact) mass is 535 g/mol. The number of aromatic nitrogens is 2. The van der Waals surface area contributed by atoms with Crippen molar-refractivity contribution in [1.29, 1.82) is 0 Å². The van der Waals surface area contributed by atoms with Crippen LogP contribution in [0.5, 0.6) is 0 Å². The zero-order valence-corrected chi connectivity index (χ0v) is 23.9. The Balaban J connectivity index is 1.58. The van der Waals surface area contributed by atoms with Gasteiger partial charge in [0, 0.05) is 72.1 Å². The molecular weight excluding hydrogens is 494 g/mol. The molecule has 4 rings (SSSR count). The maximum Gasteiger partial charge on any atom is 0.328 e. The van der Waals surface area contributed by atoms with Gasteiger partial charge in [-0.3, -0.25) is 23.6 Å². The second kappa shape index (κ2) is 12.6. The summed E-state index contributed by atoms with van der Waals surface area (Å²) in [5, 5.41) is 0. The van der Waals surface area contributed by atoms with Crippen LogP contribution >= 0.6 is 0 Å². The molecule has 2 heterocycles. The second-order valence-corrected chi connectivity index (χ2v) is 10.6. The van der Waals surface area contributed by atoms with Crippen LogP contribution < -0.4 is 10.6 Å². The van der Waals surface area contributed by atoms with Crippen LogP contribution in [0.25, 0.3) is 11.0 Å². The quantitative estimate of drug-likeness (QED) is 0.485. The molecule has 0 fully saturated rings. The lowest BCUT2D eigenvalue weighted by molar-refractivity contribution is -0.132. The largest absolute Gasteiger partial charge is 0.375 e. The van der Waals surface area contributed by atoms with Crippen molar-refractivity contribution >= 4 is 28.5 Å². The molecule has 3 aromatic rings. The van der Waals surface area contributed by atoms with E-state index < -0.39 is 0 Å². The molecule has 0 radical (unpaired) electrons. The molecule has 0 spiro atoms. The van der Waals surface area contributed by atoms with E-state index in [4.69, 9.17) is 4.74 Å². The van der Waals surface area contributed by atoms with Crippen molar-refractivity contribution < 1.29 is 14.3 Å². The summed E-state index contributed by atoms with van der Waals surface area (Å²) < 4.78 is 8.45. The van der Waals surface area contributed by atoms with E-state index in [1.807, 2.05) is 52.3 Å². The zero-order valence-electron chi connectivity index (χ0n) is 23.9. The Morgan fingerprint density at radius 3 is 2.41 bits per heavy atom. The Morgan fingerprint density at radius 1 is 0.923 bits per heavy atom. The molecule has 0 N–H and O–H groups in total. The van der Waals surface area contributed by atoms with E-state index in [2.05, 4.69) is 18.7 Å². The molecule has 0 bridgehead atoms. The number of nitrogens with zero attached hydrogens (tertiary/aromatic N) is 5. The van der Waals surface area contributed by atoms with Crippen molar-refractivity contribution in [2.75, 3.05) is 44.8 Å². The van der Waals surface area contributed by atoms with Gasteiger partial charge in [0.25, 0.3) is 5.91 Å². The number of hydrogen-bond acceptors (Lipinski definition) is 5. The number of benzene rings is 2. The van der Waals surface area contributed by atoms with Crippen LogP contribution in [0.3, 0.4) is 0 Å². The maximum atomic E-state index is 13.7. The predicted octanol–water partition coefficient (Wildman–Crippen LogP) is 2.93. The van der Waals surface area contributed by atoms with Crippen LogP contribution in [0.15, 0.2) is 47.3 Å². The van der Waals surface area contributed by atoms with Gasteiger partial charge in [0.2, 0.25) is 5.91 Å². The fourth-order valence-corrected chi connectivity index (χ4v) is 5.41. The Hall–Kier alpha value is -3.43. The molecule has 9 nitrogen and oxygen atoms in total. The summed E-state index contributed by atoms with van der Waals surface area (Å²) in [5.41, 5.74) is 4.50. The minimum absolute atomic E-state index is 0.0161. The van der Waals surface area contributed by atoms with E-state index in [1.54, 1.807) is 23.2 Å². The summed E-state index contributed by atoms with van der Waals surface area (Å²) in [6.45, 7) is 7.61. The number of fused-ring (bicyclic) bond motifs is 2. The van der Waals surface area contributed by atoms with Crippen molar-refractivity contribution in [3.8, 4) is 0 Å². The van der Waals surface area contributed by atoms with Gasteiger partial charge in [-0.25, -0.2) is 4.79 Å². The third-order valence-corrected chi connectivity index (χ3v) is 7.74. The van der Waals surface area contributed by atoms with Gasteiger partial charge in [-0.1, -0.05) is 24.3 Å². The SMILES string of the molecule is COCC(=O)N1CCCN(C(C)C)CCN(C(=O)CCc2ccc3c(c2)n(C)c(=O)n3C)Cc2ccccc21. The fourth-order valence-electron chi connectivity index (χ4n) is 5.41. The summed E-state index contributed by atoms with van der Waals surface area (Å²) in [7, 11) is 5.07. The number of carbonyl (C=O) groups excluding carboxylic acids is 2. The first-order chi connectivity index (χ1) is 18.7. The lowest BCUT2D eigenvalue weighted by atomic mass is 10.1. The summed E-state index contributed by atoms with van der Waals surface area (Å²) in [6.07, 6.45) is 1.78. The van der Waals surface area contributed by atoms with E-state index in [0.717, 1.165) is 47.4 Å². The molecule has 0 saturated carbocycles. The van der Waals surface area contributed by atoms with Crippen molar-refractivity contribution in [2.45, 2.75) is 45.7 Å². The van der Waals surface area contributed by atoms with E-state index in [0.29, 0.717) is 38.5 Å². The molecule has 210 valence electrons. The Bertz CT molecular complexity index is 1380. The van der Waals surface area contributed by atoms with E-state index in [9.17, 15) is 14.4 Å². The third-order valence-electron chi connectivity index (χ3n) is 7.74. The number of methoxy groups -OCH3 is 1. The molecular formula is C30H41N5O4. The predicted molar refractivity (Wildman–Crippen MR) is 154 cm³/mol. The van der Waals surface area contributed by atoms with Crippen LogP contribution in [0.1, 0.15) is 37.8 Å². The van der Waals surface area contributed by atoms with Crippen molar-refractivity contribution in [3.63, 3.8) is 0 Å². The van der Waals surface area contributed by atoms with E-state index in [-0.39, 0.29) is 24.1 Å². The lowest BCUT2D eigenvalue weighted by Crippen LogP contribution is -2.41. The van der Waals surface area contributed by atoms with Gasteiger partial charge in [0.1, 0.15) is 6.61 Å². The van der Waals surface area contributed by atoms with Gasteiger partial charge < -0.3 is 14.5 Å². The Labute approximate surface area is 230 Å². The van der Waals surface area contributed by atoms with Gasteiger partial charge in [-0.15, -0.1) is 0 Å². The molecule has 9 heteroatoms. The van der Waals surface area contributed by atoms with E-state index >= 15 is 0 Å². The van der Waals surface area contributed by atoms with Gasteiger partial charge in [0.05, 0.1) is 11.0 Å². The highest BCUT2D eigenvalue weighted by Crippen LogP contribution is 2.24. The minimum Gasteiger partial charge on any atom is -0.375 e. The fraction of sp³-hybridized carbons (Fsp3) is 0.500. The van der Waals surface area contributed by atoms with Crippen LogP contribution in [0.2, 0.25) is 0 Å². The Kier molecular flexibility index (Phi) is 9.24. The topological polar surface area (TPSA) is 80.0 Å². The third kappa shape index (κ3) is 6.42. The highest BCUT2D eigenvalue weighted by atomic mass is 16.5. The molecule has 2 aromatic carbocycles. The molecule has 0 aliphatic carbocycles. The summed E-state index contributed by atoms with van der Waals surface area (Å²) >= 11 is 0. The average molecular weight is 536 g/mol. The number of ether oxygens (including phenoxy) is 1. The van der Waals surface area contributed by atoms with Crippen molar-refractivity contribution in [3.05, 3.63) is 64.1 Å². The van der Waals surface area contributed by atoms with Gasteiger partial charge in [-0.05, 0) is 56.0 Å². The molecule has 0 unspecified atom stereocenters. The number of carbonyl (C=O) groups is 2. The normalized spacial score (nSPS) is 15.4. The number of amides is 2. The summed E-state index contributed by atoms with van der Waals surface area (Å²) in [4.78, 5) is 45.1. The van der Waals surface area contributed by atoms with Crippen LogP contribution in [-0.4, -0.2) is 76.7 Å². The van der Waals surface area contributed by atoms with Gasteiger partial charge in [-0.2, -0.15) is 0 Å². The summed E-state index contributed by atoms with van der Waals surface area (Å²) in [5.74, 6) is -0.00607. The number of anilines is 1. The molecule has 1 aliphatic rings. The molecule has 2 amide bonds. The minimum atomic E-state index is -0.0797. The number of rotatable bonds is 6. The van der Waals surface area contributed by atoms with Gasteiger partial charge in [0.15, 0.2) is 0 Å². The van der Waals surface area contributed by atoms with Crippen LogP contribution in [0.4, 0.5) is 5.69 Å². The number of hydrogen-bond donors (Lipinski definition) is 0. The van der Waals surface area contributed by atoms with Crippen LogP contribution in [-0.2, 0) is 41.4 Å². The van der Waals surface area contributed by atoms with Crippen molar-refractivity contribution in [1.82, 2.24) is 18.9 Å². The molecule has 0 saturated heterocycles. The first-order valence-corrected chi connectivity index (χ1v) is 13.7. The highest BCUT2D eigenvalue weighted by Gasteiger charge is 2.24. The zero-order chi connectivity index (χ0) is 28.1. The van der Waals surface area contributed by atoms with Gasteiger partial charge >= 0.3 is 5.69 Å². The standard InChI is InChI=1S/C30H41N5O4/c1-22(2)33-15-8-16-35(29(37)21-39-5)25-10-7-6-9-24(25)20-34(18-17-33)28(36)14-12-23-11-13-26-27(19-23)32(4)30(38)31(26)3/h6-7,9-11,13,19,22H,8,12,14-18,20-21H2,1-5H3. The number of imidazole rings is 1. The number of para-hydroxylation sites is 1. The maximum absolute atomic E-state index is 13.7. The molecule has 1 aliphatic heterocycles. The first-order valence-electron chi connectivity index (χ1n) is 13.7. The van der Waals surface area contributed by atoms with Crippen LogP contribution in [0, 0.1) is 0 Å². The average Bonchev–Trinajstić information content (AvgIpc) is 3.11. The molecule has 39 heavy (non-hydrogen) atoms. The molecule has 1 aromatic heterocycles. The molecule has 0 atom stereocenters. The first kappa shape index (κ1) is 28.6. The highest BCUT2D eigenvalue weighted by molar-refractivity contribution is 5.95. The van der Waals surface area contributed by atoms with Crippen molar-refractivity contribution in [2.24, 2.45) is 14.1 Å². The Morgan fingerprint density at radius 2 is 1.67 bits per heavy atom.